The summed E-state index contributed by atoms with van der Waals surface area (Å²) >= 11 is 0. The van der Waals surface area contributed by atoms with Crippen molar-refractivity contribution in [3.05, 3.63) is 41.7 Å². The standard InChI is InChI=1S/C19H22N4O4S/c1-12(2)16-10-23(19(20)21-16)28(25,26)15-4-5-17-13(9-15)7-8-22(17)18-6-3-14(11-24)27-18/h3-6,9,11-12,16H,7-8,10H2,1-2H3,(H2,20,21). The van der Waals surface area contributed by atoms with Gasteiger partial charge in [0.15, 0.2) is 12.0 Å². The first kappa shape index (κ1) is 18.5. The van der Waals surface area contributed by atoms with Gasteiger partial charge < -0.3 is 15.1 Å². The quantitative estimate of drug-likeness (QED) is 0.768. The fraction of sp³-hybridized carbons (Fsp3) is 0.368. The van der Waals surface area contributed by atoms with E-state index in [0.29, 0.717) is 25.1 Å². The van der Waals surface area contributed by atoms with E-state index in [9.17, 15) is 13.2 Å². The number of fused-ring (bicyclic) bond motifs is 1. The Bertz CT molecular complexity index is 1060. The average molecular weight is 402 g/mol. The molecule has 148 valence electrons. The second-order valence-corrected chi connectivity index (χ2v) is 9.18. The molecule has 0 saturated heterocycles. The number of nitrogens with zero attached hydrogens (tertiary/aromatic N) is 3. The van der Waals surface area contributed by atoms with Crippen LogP contribution in [-0.2, 0) is 16.4 Å². The highest BCUT2D eigenvalue weighted by atomic mass is 32.2. The third-order valence-electron chi connectivity index (χ3n) is 5.21. The van der Waals surface area contributed by atoms with Crippen LogP contribution >= 0.6 is 0 Å². The molecule has 0 aliphatic carbocycles. The lowest BCUT2D eigenvalue weighted by molar-refractivity contribution is 0.110. The summed E-state index contributed by atoms with van der Waals surface area (Å²) in [6, 6.07) is 8.24. The molecule has 2 aliphatic rings. The molecule has 3 heterocycles. The average Bonchev–Trinajstić information content (AvgIpc) is 3.38. The molecule has 0 radical (unpaired) electrons. The summed E-state index contributed by atoms with van der Waals surface area (Å²) < 4.78 is 32.9. The monoisotopic (exact) mass is 402 g/mol. The topological polar surface area (TPSA) is 109 Å². The number of guanidine groups is 1. The van der Waals surface area contributed by atoms with Crippen LogP contribution in [0.1, 0.15) is 30.0 Å². The van der Waals surface area contributed by atoms with Crippen LogP contribution < -0.4 is 10.6 Å². The first-order valence-electron chi connectivity index (χ1n) is 9.12. The second kappa shape index (κ2) is 6.66. The maximum atomic E-state index is 13.1. The Kier molecular flexibility index (Phi) is 4.41. The Labute approximate surface area is 163 Å². The predicted molar refractivity (Wildman–Crippen MR) is 105 cm³/mol. The molecule has 2 N–H and O–H groups in total. The molecule has 0 fully saturated rings. The fourth-order valence-corrected chi connectivity index (χ4v) is 4.99. The summed E-state index contributed by atoms with van der Waals surface area (Å²) in [5, 5.41) is 0. The largest absolute Gasteiger partial charge is 0.437 e. The van der Waals surface area contributed by atoms with E-state index in [0.717, 1.165) is 11.3 Å². The third-order valence-corrected chi connectivity index (χ3v) is 6.97. The molecule has 28 heavy (non-hydrogen) atoms. The van der Waals surface area contributed by atoms with Gasteiger partial charge in [0.2, 0.25) is 11.8 Å². The van der Waals surface area contributed by atoms with Crippen LogP contribution in [0.2, 0.25) is 0 Å². The lowest BCUT2D eigenvalue weighted by atomic mass is 10.1. The van der Waals surface area contributed by atoms with E-state index in [-0.39, 0.29) is 35.1 Å². The Hall–Kier alpha value is -2.81. The van der Waals surface area contributed by atoms with Gasteiger partial charge in [-0.1, -0.05) is 13.8 Å². The second-order valence-electron chi connectivity index (χ2n) is 7.32. The number of hydrogen-bond donors (Lipinski definition) is 1. The highest BCUT2D eigenvalue weighted by Gasteiger charge is 2.36. The van der Waals surface area contributed by atoms with Gasteiger partial charge in [0.25, 0.3) is 10.0 Å². The van der Waals surface area contributed by atoms with Crippen LogP contribution in [-0.4, -0.2) is 44.1 Å². The van der Waals surface area contributed by atoms with Gasteiger partial charge in [-0.2, -0.15) is 0 Å². The van der Waals surface area contributed by atoms with Gasteiger partial charge in [0, 0.05) is 18.3 Å². The first-order valence-corrected chi connectivity index (χ1v) is 10.6. The van der Waals surface area contributed by atoms with Crippen molar-refractivity contribution < 1.29 is 17.6 Å². The van der Waals surface area contributed by atoms with E-state index in [4.69, 9.17) is 10.2 Å². The van der Waals surface area contributed by atoms with Crippen LogP contribution in [0.25, 0.3) is 0 Å². The van der Waals surface area contributed by atoms with Crippen molar-refractivity contribution in [3.63, 3.8) is 0 Å². The number of carbonyl (C=O) groups is 1. The number of carbonyl (C=O) groups excluding carboxylic acids is 1. The minimum atomic E-state index is -3.77. The summed E-state index contributed by atoms with van der Waals surface area (Å²) in [6.45, 7) is 4.89. The zero-order valence-electron chi connectivity index (χ0n) is 15.7. The maximum Gasteiger partial charge on any atom is 0.266 e. The number of nitrogens with two attached hydrogens (primary N) is 1. The van der Waals surface area contributed by atoms with Crippen LogP contribution in [0.3, 0.4) is 0 Å². The number of furan rings is 1. The molecule has 1 aromatic carbocycles. The SMILES string of the molecule is CC(C)C1CN(S(=O)(=O)c2ccc3c(c2)CCN3c2ccc(C=O)o2)C(N)=N1. The van der Waals surface area contributed by atoms with Crippen molar-refractivity contribution in [2.75, 3.05) is 18.0 Å². The molecule has 0 spiro atoms. The van der Waals surface area contributed by atoms with Gasteiger partial charge in [-0.15, -0.1) is 0 Å². The summed E-state index contributed by atoms with van der Waals surface area (Å²) in [5.41, 5.74) is 7.68. The first-order chi connectivity index (χ1) is 13.3. The van der Waals surface area contributed by atoms with Crippen LogP contribution in [0, 0.1) is 5.92 Å². The number of anilines is 2. The maximum absolute atomic E-state index is 13.1. The van der Waals surface area contributed by atoms with E-state index >= 15 is 0 Å². The lowest BCUT2D eigenvalue weighted by Gasteiger charge is -2.21. The molecule has 0 bridgehead atoms. The van der Waals surface area contributed by atoms with Crippen molar-refractivity contribution in [3.8, 4) is 0 Å². The molecule has 4 rings (SSSR count). The van der Waals surface area contributed by atoms with Gasteiger partial charge in [0.1, 0.15) is 0 Å². The third kappa shape index (κ3) is 2.95. The van der Waals surface area contributed by atoms with Crippen molar-refractivity contribution in [1.29, 1.82) is 0 Å². The van der Waals surface area contributed by atoms with Gasteiger partial charge in [-0.3, -0.25) is 4.79 Å². The molecule has 0 saturated carbocycles. The zero-order chi connectivity index (χ0) is 20.1. The number of rotatable bonds is 5. The summed E-state index contributed by atoms with van der Waals surface area (Å²) in [5.74, 6) is 1.06. The van der Waals surface area contributed by atoms with E-state index in [1.807, 2.05) is 18.7 Å². The van der Waals surface area contributed by atoms with E-state index in [2.05, 4.69) is 4.99 Å². The van der Waals surface area contributed by atoms with E-state index in [1.54, 1.807) is 30.3 Å². The Morgan fingerprint density at radius 2 is 2.07 bits per heavy atom. The van der Waals surface area contributed by atoms with Crippen molar-refractivity contribution >= 4 is 33.8 Å². The minimum absolute atomic E-state index is 0.0396. The van der Waals surface area contributed by atoms with E-state index in [1.165, 1.54) is 4.31 Å². The Morgan fingerprint density at radius 3 is 2.71 bits per heavy atom. The Morgan fingerprint density at radius 1 is 1.29 bits per heavy atom. The van der Waals surface area contributed by atoms with Crippen molar-refractivity contribution in [1.82, 2.24) is 4.31 Å². The minimum Gasteiger partial charge on any atom is -0.437 e. The van der Waals surface area contributed by atoms with Crippen LogP contribution in [0.5, 0.6) is 0 Å². The van der Waals surface area contributed by atoms with Crippen molar-refractivity contribution in [2.24, 2.45) is 16.6 Å². The lowest BCUT2D eigenvalue weighted by Crippen LogP contribution is -2.40. The fourth-order valence-electron chi connectivity index (χ4n) is 3.57. The number of benzene rings is 1. The molecule has 9 heteroatoms. The zero-order valence-corrected chi connectivity index (χ0v) is 16.5. The summed E-state index contributed by atoms with van der Waals surface area (Å²) in [4.78, 5) is 17.3. The molecule has 0 amide bonds. The summed E-state index contributed by atoms with van der Waals surface area (Å²) in [6.07, 6.45) is 1.33. The molecule has 1 unspecified atom stereocenters. The molecule has 1 atom stereocenters. The smallest absolute Gasteiger partial charge is 0.266 e. The number of hydrogen-bond acceptors (Lipinski definition) is 7. The molecular formula is C19H22N4O4S. The highest BCUT2D eigenvalue weighted by molar-refractivity contribution is 7.89. The van der Waals surface area contributed by atoms with Crippen LogP contribution in [0.15, 0.2) is 44.6 Å². The van der Waals surface area contributed by atoms with Crippen LogP contribution in [0.4, 0.5) is 11.6 Å². The molecule has 1 aromatic heterocycles. The van der Waals surface area contributed by atoms with Gasteiger partial charge >= 0.3 is 0 Å². The molecule has 8 nitrogen and oxygen atoms in total. The van der Waals surface area contributed by atoms with Gasteiger partial charge in [-0.25, -0.2) is 17.7 Å². The highest BCUT2D eigenvalue weighted by Crippen LogP contribution is 2.37. The Balaban J connectivity index is 1.63. The number of aldehydes is 1. The normalized spacial score (nSPS) is 19.2. The van der Waals surface area contributed by atoms with Crippen molar-refractivity contribution in [2.45, 2.75) is 31.2 Å². The number of sulfonamides is 1. The van der Waals surface area contributed by atoms with E-state index < -0.39 is 10.0 Å². The van der Waals surface area contributed by atoms with Gasteiger partial charge in [0.05, 0.1) is 17.5 Å². The molecule has 2 aromatic rings. The molecule has 2 aliphatic heterocycles. The molecular weight excluding hydrogens is 380 g/mol. The summed E-state index contributed by atoms with van der Waals surface area (Å²) in [7, 11) is -3.77. The number of aliphatic imine (C=N–C) groups is 1. The predicted octanol–water partition coefficient (Wildman–Crippen LogP) is 2.13. The van der Waals surface area contributed by atoms with Gasteiger partial charge in [-0.05, 0) is 42.2 Å².